The maximum Gasteiger partial charge on any atom is 0.339 e. The molecule has 0 saturated carbocycles. The Kier molecular flexibility index (Phi) is 4.28. The van der Waals surface area contributed by atoms with Gasteiger partial charge >= 0.3 is 5.97 Å². The third kappa shape index (κ3) is 2.92. The number of nitrogens with zero attached hydrogens (tertiary/aromatic N) is 3. The largest absolute Gasteiger partial charge is 0.478 e. The van der Waals surface area contributed by atoms with Gasteiger partial charge in [-0.15, -0.1) is 0 Å². The van der Waals surface area contributed by atoms with E-state index in [9.17, 15) is 9.90 Å². The molecule has 2 aromatic rings. The monoisotopic (exact) mass is 325 g/mol. The first-order chi connectivity index (χ1) is 10.6. The molecule has 1 aliphatic heterocycles. The van der Waals surface area contributed by atoms with Crippen molar-refractivity contribution in [3.05, 3.63) is 28.7 Å². The normalized spacial score (nSPS) is 19.6. The zero-order valence-electron chi connectivity index (χ0n) is 12.0. The Morgan fingerprint density at radius 1 is 1.68 bits per heavy atom. The number of carboxylic acid groups (broad SMARTS) is 1. The standard InChI is InChI=1S/C14H16ClN3O4/c1-8(22-7-9-2-3-21-6-9)13-10(14(19)20)5-16-12-4-11(15)17-18(12)13/h4-5,8-9H,2-3,6-7H2,1H3,(H,19,20)/t8-,9+/m0/s1. The van der Waals surface area contributed by atoms with Crippen molar-refractivity contribution in [2.24, 2.45) is 5.92 Å². The number of hydrogen-bond donors (Lipinski definition) is 1. The summed E-state index contributed by atoms with van der Waals surface area (Å²) >= 11 is 5.90. The van der Waals surface area contributed by atoms with Gasteiger partial charge < -0.3 is 14.6 Å². The molecule has 1 fully saturated rings. The van der Waals surface area contributed by atoms with Gasteiger partial charge in [-0.1, -0.05) is 11.6 Å². The van der Waals surface area contributed by atoms with Crippen LogP contribution in [0.25, 0.3) is 5.65 Å². The molecule has 1 N–H and O–H groups in total. The lowest BCUT2D eigenvalue weighted by Crippen LogP contribution is -2.18. The molecule has 8 heteroatoms. The number of carboxylic acids is 1. The highest BCUT2D eigenvalue weighted by atomic mass is 35.5. The van der Waals surface area contributed by atoms with E-state index in [0.717, 1.165) is 13.0 Å². The highest BCUT2D eigenvalue weighted by molar-refractivity contribution is 6.29. The zero-order valence-corrected chi connectivity index (χ0v) is 12.8. The third-order valence-electron chi connectivity index (χ3n) is 3.71. The minimum atomic E-state index is -1.07. The predicted octanol–water partition coefficient (Wildman–Crippen LogP) is 2.20. The van der Waals surface area contributed by atoms with Crippen molar-refractivity contribution < 1.29 is 19.4 Å². The molecule has 22 heavy (non-hydrogen) atoms. The van der Waals surface area contributed by atoms with Crippen LogP contribution in [0.1, 0.15) is 35.5 Å². The highest BCUT2D eigenvalue weighted by Crippen LogP contribution is 2.25. The van der Waals surface area contributed by atoms with Gasteiger partial charge in [-0.05, 0) is 13.3 Å². The van der Waals surface area contributed by atoms with Crippen molar-refractivity contribution in [2.45, 2.75) is 19.4 Å². The summed E-state index contributed by atoms with van der Waals surface area (Å²) in [5.41, 5.74) is 0.982. The van der Waals surface area contributed by atoms with E-state index >= 15 is 0 Å². The van der Waals surface area contributed by atoms with Gasteiger partial charge in [0.25, 0.3) is 0 Å². The van der Waals surface area contributed by atoms with Crippen LogP contribution in [0.3, 0.4) is 0 Å². The second kappa shape index (κ2) is 6.20. The summed E-state index contributed by atoms with van der Waals surface area (Å²) in [6.45, 7) is 3.74. The molecule has 0 amide bonds. The lowest BCUT2D eigenvalue weighted by atomic mass is 10.1. The molecule has 3 heterocycles. The predicted molar refractivity (Wildman–Crippen MR) is 78.2 cm³/mol. The Hall–Kier alpha value is -1.70. The van der Waals surface area contributed by atoms with E-state index < -0.39 is 12.1 Å². The minimum absolute atomic E-state index is 0.0578. The van der Waals surface area contributed by atoms with Gasteiger partial charge in [0.15, 0.2) is 10.8 Å². The van der Waals surface area contributed by atoms with E-state index in [2.05, 4.69) is 10.1 Å². The Morgan fingerprint density at radius 2 is 2.50 bits per heavy atom. The zero-order chi connectivity index (χ0) is 15.7. The molecule has 2 aromatic heterocycles. The van der Waals surface area contributed by atoms with Crippen molar-refractivity contribution >= 4 is 23.2 Å². The molecule has 0 aliphatic carbocycles. The van der Waals surface area contributed by atoms with E-state index in [4.69, 9.17) is 21.1 Å². The maximum atomic E-state index is 11.4. The molecule has 1 aliphatic rings. The molecule has 7 nitrogen and oxygen atoms in total. The van der Waals surface area contributed by atoms with Gasteiger partial charge in [-0.2, -0.15) is 5.10 Å². The first-order valence-corrected chi connectivity index (χ1v) is 7.41. The Bertz CT molecular complexity index is 697. The molecule has 0 radical (unpaired) electrons. The van der Waals surface area contributed by atoms with Gasteiger partial charge in [0.05, 0.1) is 25.0 Å². The van der Waals surface area contributed by atoms with E-state index in [-0.39, 0.29) is 10.7 Å². The van der Waals surface area contributed by atoms with Crippen molar-refractivity contribution in [3.63, 3.8) is 0 Å². The van der Waals surface area contributed by atoms with Gasteiger partial charge in [-0.3, -0.25) is 0 Å². The van der Waals surface area contributed by atoms with Crippen LogP contribution in [0.15, 0.2) is 12.3 Å². The average molecular weight is 326 g/mol. The lowest BCUT2D eigenvalue weighted by Gasteiger charge is -2.18. The summed E-state index contributed by atoms with van der Waals surface area (Å²) < 4.78 is 12.6. The first kappa shape index (κ1) is 15.2. The second-order valence-corrected chi connectivity index (χ2v) is 5.69. The van der Waals surface area contributed by atoms with Crippen LogP contribution < -0.4 is 0 Å². The summed E-state index contributed by atoms with van der Waals surface area (Å²) in [7, 11) is 0. The van der Waals surface area contributed by atoms with Crippen molar-refractivity contribution in [3.8, 4) is 0 Å². The van der Waals surface area contributed by atoms with Gasteiger partial charge in [0, 0.05) is 24.8 Å². The molecular formula is C14H16ClN3O4. The number of carbonyl (C=O) groups is 1. The fourth-order valence-electron chi connectivity index (χ4n) is 2.55. The van der Waals surface area contributed by atoms with Crippen molar-refractivity contribution in [1.82, 2.24) is 14.6 Å². The van der Waals surface area contributed by atoms with Crippen LogP contribution >= 0.6 is 11.6 Å². The fourth-order valence-corrected chi connectivity index (χ4v) is 2.73. The Balaban J connectivity index is 1.91. The van der Waals surface area contributed by atoms with Gasteiger partial charge in [-0.25, -0.2) is 14.3 Å². The summed E-state index contributed by atoms with van der Waals surface area (Å²) in [6, 6.07) is 1.58. The molecular weight excluding hydrogens is 310 g/mol. The summed E-state index contributed by atoms with van der Waals surface area (Å²) in [6.07, 6.45) is 1.81. The number of halogens is 1. The molecule has 0 aromatic carbocycles. The topological polar surface area (TPSA) is 86.0 Å². The van der Waals surface area contributed by atoms with E-state index in [0.29, 0.717) is 30.5 Å². The van der Waals surface area contributed by atoms with Crippen molar-refractivity contribution in [1.29, 1.82) is 0 Å². The van der Waals surface area contributed by atoms with E-state index in [1.807, 2.05) is 0 Å². The van der Waals surface area contributed by atoms with Gasteiger partial charge in [0.2, 0.25) is 0 Å². The van der Waals surface area contributed by atoms with Crippen LogP contribution in [-0.4, -0.2) is 45.5 Å². The third-order valence-corrected chi connectivity index (χ3v) is 3.90. The fraction of sp³-hybridized carbons (Fsp3) is 0.500. The van der Waals surface area contributed by atoms with E-state index in [1.165, 1.54) is 10.7 Å². The quantitative estimate of drug-likeness (QED) is 0.907. The molecule has 0 unspecified atom stereocenters. The van der Waals surface area contributed by atoms with Crippen molar-refractivity contribution in [2.75, 3.05) is 19.8 Å². The summed E-state index contributed by atoms with van der Waals surface area (Å²) in [5.74, 6) is -0.732. The number of aromatic carboxylic acids is 1. The second-order valence-electron chi connectivity index (χ2n) is 5.30. The lowest BCUT2D eigenvalue weighted by molar-refractivity contribution is 0.0308. The highest BCUT2D eigenvalue weighted by Gasteiger charge is 2.24. The molecule has 118 valence electrons. The van der Waals surface area contributed by atoms with E-state index in [1.54, 1.807) is 13.0 Å². The Morgan fingerprint density at radius 3 is 3.18 bits per heavy atom. The number of hydrogen-bond acceptors (Lipinski definition) is 5. The molecule has 0 spiro atoms. The SMILES string of the molecule is C[C@H](OC[C@@H]1CCOC1)c1c(C(=O)O)cnc2cc(Cl)nn12. The van der Waals surface area contributed by atoms with Gasteiger partial charge in [0.1, 0.15) is 5.56 Å². The number of rotatable bonds is 5. The van der Waals surface area contributed by atoms with Crippen LogP contribution in [0.5, 0.6) is 0 Å². The maximum absolute atomic E-state index is 11.4. The average Bonchev–Trinajstić information content (AvgIpc) is 3.11. The molecule has 0 bridgehead atoms. The van der Waals surface area contributed by atoms with Crippen LogP contribution in [0.2, 0.25) is 5.15 Å². The molecule has 1 saturated heterocycles. The van der Waals surface area contributed by atoms with Crippen LogP contribution in [0, 0.1) is 5.92 Å². The minimum Gasteiger partial charge on any atom is -0.478 e. The molecule has 2 atom stereocenters. The van der Waals surface area contributed by atoms with Crippen LogP contribution in [-0.2, 0) is 9.47 Å². The molecule has 3 rings (SSSR count). The van der Waals surface area contributed by atoms with Crippen LogP contribution in [0.4, 0.5) is 0 Å². The summed E-state index contributed by atoms with van der Waals surface area (Å²) in [5, 5.41) is 13.7. The Labute approximate surface area is 131 Å². The number of fused-ring (bicyclic) bond motifs is 1. The first-order valence-electron chi connectivity index (χ1n) is 7.03. The number of aromatic nitrogens is 3. The smallest absolute Gasteiger partial charge is 0.339 e. The number of ether oxygens (including phenoxy) is 2. The summed E-state index contributed by atoms with van der Waals surface area (Å²) in [4.78, 5) is 15.5.